The van der Waals surface area contributed by atoms with Gasteiger partial charge in [-0.3, -0.25) is 9.78 Å². The number of hydrogen-bond donors (Lipinski definition) is 2. The van der Waals surface area contributed by atoms with E-state index in [4.69, 9.17) is 11.6 Å². The Morgan fingerprint density at radius 2 is 1.83 bits per heavy atom. The lowest BCUT2D eigenvalue weighted by molar-refractivity contribution is 0.996. The Bertz CT molecular complexity index is 1050. The van der Waals surface area contributed by atoms with E-state index in [9.17, 15) is 4.79 Å². The quantitative estimate of drug-likeness (QED) is 0.591. The Hall–Kier alpha value is -2.92. The lowest BCUT2D eigenvalue weighted by atomic mass is 10.1. The predicted octanol–water partition coefficient (Wildman–Crippen LogP) is 3.63. The molecule has 3 heterocycles. The SMILES string of the molecule is O=c1[nH]nc(-c2ccncc2)cc1-c1[nH]c2ccccc2c1Cl. The molecule has 0 atom stereocenters. The zero-order valence-electron chi connectivity index (χ0n) is 11.9. The molecule has 23 heavy (non-hydrogen) atoms. The third kappa shape index (κ3) is 2.31. The van der Waals surface area contributed by atoms with Crippen LogP contribution in [0.15, 0.2) is 59.7 Å². The van der Waals surface area contributed by atoms with Crippen LogP contribution in [0.5, 0.6) is 0 Å². The van der Waals surface area contributed by atoms with E-state index in [2.05, 4.69) is 20.2 Å². The van der Waals surface area contributed by atoms with Gasteiger partial charge in [-0.25, -0.2) is 5.10 Å². The van der Waals surface area contributed by atoms with Gasteiger partial charge in [0.1, 0.15) is 0 Å². The molecule has 0 saturated heterocycles. The van der Waals surface area contributed by atoms with Gasteiger partial charge in [0.25, 0.3) is 5.56 Å². The van der Waals surface area contributed by atoms with Crippen molar-refractivity contribution >= 4 is 22.5 Å². The number of halogens is 1. The Morgan fingerprint density at radius 3 is 2.61 bits per heavy atom. The highest BCUT2D eigenvalue weighted by atomic mass is 35.5. The molecule has 0 aliphatic heterocycles. The van der Waals surface area contributed by atoms with Crippen LogP contribution < -0.4 is 5.56 Å². The highest BCUT2D eigenvalue weighted by Crippen LogP contribution is 2.33. The van der Waals surface area contributed by atoms with Gasteiger partial charge in [0.2, 0.25) is 0 Å². The molecule has 0 fully saturated rings. The standard InChI is InChI=1S/C17H11ClN4O/c18-15-11-3-1-2-4-13(11)20-16(15)12-9-14(21-22-17(12)23)10-5-7-19-8-6-10/h1-9,20H,(H,22,23). The van der Waals surface area contributed by atoms with Crippen molar-refractivity contribution in [3.8, 4) is 22.5 Å². The van der Waals surface area contributed by atoms with Crippen LogP contribution in [0.1, 0.15) is 0 Å². The summed E-state index contributed by atoms with van der Waals surface area (Å²) >= 11 is 6.45. The number of aromatic nitrogens is 4. The maximum absolute atomic E-state index is 12.2. The van der Waals surface area contributed by atoms with Crippen LogP contribution in [0.3, 0.4) is 0 Å². The van der Waals surface area contributed by atoms with Crippen LogP contribution in [0.2, 0.25) is 5.02 Å². The van der Waals surface area contributed by atoms with E-state index < -0.39 is 0 Å². The van der Waals surface area contributed by atoms with Crippen LogP contribution >= 0.6 is 11.6 Å². The van der Waals surface area contributed by atoms with Gasteiger partial charge in [0.15, 0.2) is 0 Å². The van der Waals surface area contributed by atoms with E-state index >= 15 is 0 Å². The first kappa shape index (κ1) is 13.7. The number of aromatic amines is 2. The minimum Gasteiger partial charge on any atom is -0.353 e. The predicted molar refractivity (Wildman–Crippen MR) is 90.4 cm³/mol. The highest BCUT2D eigenvalue weighted by molar-refractivity contribution is 6.38. The molecule has 0 unspecified atom stereocenters. The molecular formula is C17H11ClN4O. The lowest BCUT2D eigenvalue weighted by Crippen LogP contribution is -2.11. The molecule has 0 aliphatic rings. The topological polar surface area (TPSA) is 74.4 Å². The molecule has 2 N–H and O–H groups in total. The van der Waals surface area contributed by atoms with Crippen molar-refractivity contribution in [1.29, 1.82) is 0 Å². The lowest BCUT2D eigenvalue weighted by Gasteiger charge is -2.03. The number of nitrogens with one attached hydrogen (secondary N) is 2. The van der Waals surface area contributed by atoms with Gasteiger partial charge in [-0.2, -0.15) is 5.10 Å². The van der Waals surface area contributed by atoms with Crippen molar-refractivity contribution in [3.63, 3.8) is 0 Å². The van der Waals surface area contributed by atoms with Gasteiger partial charge in [-0.05, 0) is 24.3 Å². The average Bonchev–Trinajstić information content (AvgIpc) is 2.93. The minimum absolute atomic E-state index is 0.295. The van der Waals surface area contributed by atoms with E-state index in [0.717, 1.165) is 16.5 Å². The first-order chi connectivity index (χ1) is 11.2. The molecule has 0 spiro atoms. The molecule has 6 heteroatoms. The Balaban J connectivity index is 1.94. The van der Waals surface area contributed by atoms with E-state index in [1.807, 2.05) is 36.4 Å². The average molecular weight is 323 g/mol. The number of rotatable bonds is 2. The van der Waals surface area contributed by atoms with E-state index in [1.54, 1.807) is 18.5 Å². The van der Waals surface area contributed by atoms with Crippen LogP contribution in [-0.2, 0) is 0 Å². The molecule has 0 radical (unpaired) electrons. The molecule has 5 nitrogen and oxygen atoms in total. The van der Waals surface area contributed by atoms with Crippen LogP contribution in [0, 0.1) is 0 Å². The van der Waals surface area contributed by atoms with Gasteiger partial charge in [0.05, 0.1) is 22.0 Å². The Morgan fingerprint density at radius 1 is 1.04 bits per heavy atom. The van der Waals surface area contributed by atoms with E-state index in [0.29, 0.717) is 22.0 Å². The second-order valence-electron chi connectivity index (χ2n) is 5.09. The normalized spacial score (nSPS) is 11.0. The number of para-hydroxylation sites is 1. The second kappa shape index (κ2) is 5.37. The summed E-state index contributed by atoms with van der Waals surface area (Å²) in [4.78, 5) is 19.4. The monoisotopic (exact) mass is 322 g/mol. The van der Waals surface area contributed by atoms with Crippen LogP contribution in [-0.4, -0.2) is 20.2 Å². The van der Waals surface area contributed by atoms with E-state index in [-0.39, 0.29) is 5.56 Å². The van der Waals surface area contributed by atoms with Crippen LogP contribution in [0.4, 0.5) is 0 Å². The fourth-order valence-corrected chi connectivity index (χ4v) is 2.87. The van der Waals surface area contributed by atoms with Crippen molar-refractivity contribution in [1.82, 2.24) is 20.2 Å². The molecule has 0 saturated carbocycles. The number of hydrogen-bond acceptors (Lipinski definition) is 3. The molecule has 0 bridgehead atoms. The number of fused-ring (bicyclic) bond motifs is 1. The summed E-state index contributed by atoms with van der Waals surface area (Å²) in [5.74, 6) is 0. The summed E-state index contributed by atoms with van der Waals surface area (Å²) in [5, 5.41) is 8.03. The van der Waals surface area contributed by atoms with Crippen molar-refractivity contribution in [2.75, 3.05) is 0 Å². The summed E-state index contributed by atoms with van der Waals surface area (Å²) in [6, 6.07) is 13.0. The third-order valence-corrected chi connectivity index (χ3v) is 4.08. The molecule has 112 valence electrons. The number of benzene rings is 1. The van der Waals surface area contributed by atoms with E-state index in [1.165, 1.54) is 0 Å². The summed E-state index contributed by atoms with van der Waals surface area (Å²) in [6.07, 6.45) is 3.36. The maximum Gasteiger partial charge on any atom is 0.273 e. The fourth-order valence-electron chi connectivity index (χ4n) is 2.56. The van der Waals surface area contributed by atoms with Crippen LogP contribution in [0.25, 0.3) is 33.4 Å². The molecule has 4 aromatic rings. The molecule has 3 aromatic heterocycles. The first-order valence-corrected chi connectivity index (χ1v) is 7.38. The highest BCUT2D eigenvalue weighted by Gasteiger charge is 2.15. The third-order valence-electron chi connectivity index (χ3n) is 3.69. The Labute approximate surface area is 136 Å². The zero-order chi connectivity index (χ0) is 15.8. The largest absolute Gasteiger partial charge is 0.353 e. The minimum atomic E-state index is -0.295. The molecule has 0 amide bonds. The summed E-state index contributed by atoms with van der Waals surface area (Å²) in [6.45, 7) is 0. The second-order valence-corrected chi connectivity index (χ2v) is 5.47. The molecule has 4 rings (SSSR count). The summed E-state index contributed by atoms with van der Waals surface area (Å²) in [5.41, 5.74) is 3.15. The van der Waals surface area contributed by atoms with Crippen molar-refractivity contribution in [2.24, 2.45) is 0 Å². The first-order valence-electron chi connectivity index (χ1n) is 7.01. The molecule has 1 aromatic carbocycles. The number of nitrogens with zero attached hydrogens (tertiary/aromatic N) is 2. The van der Waals surface area contributed by atoms with Gasteiger partial charge in [-0.1, -0.05) is 29.8 Å². The van der Waals surface area contributed by atoms with Gasteiger partial charge in [-0.15, -0.1) is 0 Å². The summed E-state index contributed by atoms with van der Waals surface area (Å²) in [7, 11) is 0. The van der Waals surface area contributed by atoms with Crippen molar-refractivity contribution < 1.29 is 0 Å². The maximum atomic E-state index is 12.2. The van der Waals surface area contributed by atoms with Gasteiger partial charge < -0.3 is 4.98 Å². The summed E-state index contributed by atoms with van der Waals surface area (Å²) < 4.78 is 0. The number of H-pyrrole nitrogens is 2. The fraction of sp³-hybridized carbons (Fsp3) is 0. The van der Waals surface area contributed by atoms with Gasteiger partial charge in [0, 0.05) is 28.9 Å². The zero-order valence-corrected chi connectivity index (χ0v) is 12.6. The number of pyridine rings is 1. The Kier molecular flexibility index (Phi) is 3.20. The molecular weight excluding hydrogens is 312 g/mol. The van der Waals surface area contributed by atoms with Crippen molar-refractivity contribution in [2.45, 2.75) is 0 Å². The van der Waals surface area contributed by atoms with Gasteiger partial charge >= 0.3 is 0 Å². The molecule has 0 aliphatic carbocycles. The smallest absolute Gasteiger partial charge is 0.273 e. The van der Waals surface area contributed by atoms with Crippen molar-refractivity contribution in [3.05, 3.63) is 70.2 Å².